The van der Waals surface area contributed by atoms with Crippen molar-refractivity contribution in [2.45, 2.75) is 425 Å². The zero-order valence-corrected chi connectivity index (χ0v) is 64.3. The Bertz CT molecular complexity index is 1840. The molecular weight excluding hydrogens is 1260 g/mol. The third-order valence-electron chi connectivity index (χ3n) is 18.0. The zero-order chi connectivity index (χ0) is 70.5. The maximum atomic E-state index is 13.1. The Morgan fingerprint density at radius 3 is 0.708 bits per heavy atom. The number of aliphatic hydroxyl groups excluding tert-OH is 1. The fraction of sp³-hybridized carbons (Fsp3) is 0.948. The molecule has 17 nitrogen and oxygen atoms in total. The highest BCUT2D eigenvalue weighted by Gasteiger charge is 2.30. The predicted octanol–water partition coefficient (Wildman–Crippen LogP) is 22.9. The number of aliphatic hydroxyl groups is 1. The van der Waals surface area contributed by atoms with Crippen LogP contribution < -0.4 is 0 Å². The summed E-state index contributed by atoms with van der Waals surface area (Å²) < 4.78 is 68.5. The lowest BCUT2D eigenvalue weighted by Crippen LogP contribution is -2.30. The van der Waals surface area contributed by atoms with Gasteiger partial charge in [-0.05, 0) is 31.6 Å². The minimum atomic E-state index is -4.96. The molecule has 0 bridgehead atoms. The number of phosphoric ester groups is 2. The van der Waals surface area contributed by atoms with Gasteiger partial charge in [0, 0.05) is 25.7 Å². The molecule has 0 spiro atoms. The third kappa shape index (κ3) is 70.5. The lowest BCUT2D eigenvalue weighted by Gasteiger charge is -2.21. The summed E-state index contributed by atoms with van der Waals surface area (Å²) in [5.41, 5.74) is 0. The summed E-state index contributed by atoms with van der Waals surface area (Å²) >= 11 is 0. The molecule has 570 valence electrons. The molecule has 0 fully saturated rings. The molecule has 3 N–H and O–H groups in total. The summed E-state index contributed by atoms with van der Waals surface area (Å²) in [6, 6.07) is 0. The van der Waals surface area contributed by atoms with Gasteiger partial charge in [-0.15, -0.1) is 0 Å². The molecule has 0 saturated heterocycles. The standard InChI is InChI=1S/C77H150O17P2/c1-6-9-12-15-18-21-23-24-25-26-27-28-29-30-35-38-43-48-53-58-63-77(82)94-73(67-88-75(80)61-56-51-46-42-37-34-32-31-33-36-40-44-49-54-59-70(4)5)69-92-96(85,86)90-65-71(78)64-89-95(83,84)91-68-72(66-87-74(79)60-55-50-45-39-20-17-14-11-8-3)93-76(81)62-57-52-47-41-22-19-16-13-10-7-2/h70-73,78H,6-69H2,1-5H3,(H,83,84)(H,85,86)/t71-,72+,73+/m0/s1. The molecule has 0 aromatic rings. The first kappa shape index (κ1) is 94.1. The molecule has 2 unspecified atom stereocenters. The molecular formula is C77H150O17P2. The SMILES string of the molecule is CCCCCCCCCCCCCCCCCCCCCCC(=O)O[C@H](COC(=O)CCCCCCCCCCCCCCCCC(C)C)COP(=O)(O)OC[C@@H](O)COP(=O)(O)OC[C@@H](COC(=O)CCCCCCCCCCC)OC(=O)CCCCCCCCCCCC. The molecule has 0 saturated carbocycles. The second-order valence-corrected chi connectivity index (χ2v) is 31.1. The van der Waals surface area contributed by atoms with E-state index in [0.717, 1.165) is 95.8 Å². The Morgan fingerprint density at radius 2 is 0.479 bits per heavy atom. The normalized spacial score (nSPS) is 13.9. The van der Waals surface area contributed by atoms with Gasteiger partial charge in [-0.2, -0.15) is 0 Å². The van der Waals surface area contributed by atoms with Crippen LogP contribution in [0.3, 0.4) is 0 Å². The van der Waals surface area contributed by atoms with Gasteiger partial charge >= 0.3 is 39.5 Å². The van der Waals surface area contributed by atoms with Crippen molar-refractivity contribution in [1.29, 1.82) is 0 Å². The smallest absolute Gasteiger partial charge is 0.462 e. The van der Waals surface area contributed by atoms with Crippen LogP contribution in [0.4, 0.5) is 0 Å². The van der Waals surface area contributed by atoms with Crippen LogP contribution in [0.1, 0.15) is 407 Å². The van der Waals surface area contributed by atoms with Crippen LogP contribution in [-0.4, -0.2) is 96.7 Å². The van der Waals surface area contributed by atoms with E-state index in [1.54, 1.807) is 0 Å². The molecule has 0 aliphatic rings. The number of ether oxygens (including phenoxy) is 4. The van der Waals surface area contributed by atoms with E-state index in [0.29, 0.717) is 25.7 Å². The first-order valence-corrected chi connectivity index (χ1v) is 43.1. The van der Waals surface area contributed by atoms with Crippen LogP contribution in [0.15, 0.2) is 0 Å². The minimum Gasteiger partial charge on any atom is -0.462 e. The predicted molar refractivity (Wildman–Crippen MR) is 391 cm³/mol. The highest BCUT2D eigenvalue weighted by Crippen LogP contribution is 2.45. The van der Waals surface area contributed by atoms with Gasteiger partial charge in [0.1, 0.15) is 19.3 Å². The Kier molecular flexibility index (Phi) is 68.7. The molecule has 5 atom stereocenters. The second kappa shape index (κ2) is 70.1. The van der Waals surface area contributed by atoms with Crippen LogP contribution in [-0.2, 0) is 65.4 Å². The summed E-state index contributed by atoms with van der Waals surface area (Å²) in [6.07, 6.45) is 59.7. The van der Waals surface area contributed by atoms with E-state index < -0.39 is 97.5 Å². The number of hydrogen-bond acceptors (Lipinski definition) is 15. The van der Waals surface area contributed by atoms with Crippen molar-refractivity contribution in [3.63, 3.8) is 0 Å². The third-order valence-corrected chi connectivity index (χ3v) is 19.9. The highest BCUT2D eigenvalue weighted by atomic mass is 31.2. The molecule has 0 radical (unpaired) electrons. The first-order chi connectivity index (χ1) is 46.5. The highest BCUT2D eigenvalue weighted by molar-refractivity contribution is 7.47. The van der Waals surface area contributed by atoms with E-state index in [1.165, 1.54) is 231 Å². The average molecular weight is 1410 g/mol. The monoisotopic (exact) mass is 1410 g/mol. The second-order valence-electron chi connectivity index (χ2n) is 28.2. The number of unbranched alkanes of at least 4 members (excludes halogenated alkanes) is 49. The van der Waals surface area contributed by atoms with E-state index in [1.807, 2.05) is 0 Å². The Labute approximate surface area is 588 Å². The Balaban J connectivity index is 5.19. The number of carbonyl (C=O) groups is 4. The average Bonchev–Trinajstić information content (AvgIpc) is 1.28. The molecule has 0 heterocycles. The van der Waals surface area contributed by atoms with Gasteiger partial charge in [0.25, 0.3) is 0 Å². The van der Waals surface area contributed by atoms with Gasteiger partial charge in [-0.1, -0.05) is 356 Å². The van der Waals surface area contributed by atoms with Gasteiger partial charge in [-0.25, -0.2) is 9.13 Å². The van der Waals surface area contributed by atoms with Crippen LogP contribution >= 0.6 is 15.6 Å². The van der Waals surface area contributed by atoms with Crippen molar-refractivity contribution in [2.24, 2.45) is 5.92 Å². The lowest BCUT2D eigenvalue weighted by atomic mass is 10.0. The van der Waals surface area contributed by atoms with Gasteiger partial charge in [0.2, 0.25) is 0 Å². The van der Waals surface area contributed by atoms with Gasteiger partial charge in [-0.3, -0.25) is 37.3 Å². The van der Waals surface area contributed by atoms with Crippen molar-refractivity contribution in [2.75, 3.05) is 39.6 Å². The van der Waals surface area contributed by atoms with Crippen LogP contribution in [0.2, 0.25) is 0 Å². The summed E-state index contributed by atoms with van der Waals surface area (Å²) in [4.78, 5) is 72.7. The van der Waals surface area contributed by atoms with E-state index in [2.05, 4.69) is 34.6 Å². The van der Waals surface area contributed by atoms with Crippen LogP contribution in [0.25, 0.3) is 0 Å². The maximum absolute atomic E-state index is 13.1. The molecule has 0 aromatic heterocycles. The van der Waals surface area contributed by atoms with Crippen LogP contribution in [0, 0.1) is 5.92 Å². The van der Waals surface area contributed by atoms with E-state index >= 15 is 0 Å². The van der Waals surface area contributed by atoms with Crippen molar-refractivity contribution >= 4 is 39.5 Å². The van der Waals surface area contributed by atoms with E-state index in [4.69, 9.17) is 37.0 Å². The molecule has 96 heavy (non-hydrogen) atoms. The largest absolute Gasteiger partial charge is 0.472 e. The van der Waals surface area contributed by atoms with E-state index in [9.17, 15) is 43.2 Å². The summed E-state index contributed by atoms with van der Waals surface area (Å²) in [7, 11) is -9.91. The number of carbonyl (C=O) groups excluding carboxylic acids is 4. The fourth-order valence-corrected chi connectivity index (χ4v) is 13.5. The first-order valence-electron chi connectivity index (χ1n) is 40.1. The maximum Gasteiger partial charge on any atom is 0.472 e. The summed E-state index contributed by atoms with van der Waals surface area (Å²) in [6.45, 7) is 7.30. The number of hydrogen-bond donors (Lipinski definition) is 3. The van der Waals surface area contributed by atoms with Gasteiger partial charge in [0.05, 0.1) is 26.4 Å². The fourth-order valence-electron chi connectivity index (χ4n) is 11.9. The number of rotatable bonds is 77. The number of phosphoric acid groups is 2. The zero-order valence-electron chi connectivity index (χ0n) is 62.5. The minimum absolute atomic E-state index is 0.107. The van der Waals surface area contributed by atoms with Gasteiger partial charge < -0.3 is 33.8 Å². The van der Waals surface area contributed by atoms with Crippen molar-refractivity contribution in [1.82, 2.24) is 0 Å². The Hall–Kier alpha value is -1.94. The van der Waals surface area contributed by atoms with Gasteiger partial charge in [0.15, 0.2) is 12.2 Å². The molecule has 0 amide bonds. The summed E-state index contributed by atoms with van der Waals surface area (Å²) in [5.74, 6) is -1.31. The van der Waals surface area contributed by atoms with Crippen molar-refractivity contribution < 1.29 is 80.2 Å². The van der Waals surface area contributed by atoms with Crippen molar-refractivity contribution in [3.8, 4) is 0 Å². The lowest BCUT2D eigenvalue weighted by molar-refractivity contribution is -0.161. The molecule has 19 heteroatoms. The van der Waals surface area contributed by atoms with Crippen molar-refractivity contribution in [3.05, 3.63) is 0 Å². The molecule has 0 rings (SSSR count). The molecule has 0 aromatic carbocycles. The molecule has 0 aliphatic carbocycles. The summed E-state index contributed by atoms with van der Waals surface area (Å²) in [5, 5.41) is 10.6. The topological polar surface area (TPSA) is 237 Å². The number of esters is 4. The Morgan fingerprint density at radius 1 is 0.281 bits per heavy atom. The molecule has 0 aliphatic heterocycles. The van der Waals surface area contributed by atoms with E-state index in [-0.39, 0.29) is 25.7 Å². The van der Waals surface area contributed by atoms with Crippen LogP contribution in [0.5, 0.6) is 0 Å². The quantitative estimate of drug-likeness (QED) is 0.0222.